The van der Waals surface area contributed by atoms with Gasteiger partial charge in [-0.2, -0.15) is 0 Å². The summed E-state index contributed by atoms with van der Waals surface area (Å²) in [4.78, 5) is 0. The topological polar surface area (TPSA) is 60.4 Å². The Morgan fingerprint density at radius 1 is 1.39 bits per heavy atom. The van der Waals surface area contributed by atoms with Crippen LogP contribution in [0.2, 0.25) is 0 Å². The van der Waals surface area contributed by atoms with Gasteiger partial charge in [-0.05, 0) is 30.7 Å². The predicted octanol–water partition coefficient (Wildman–Crippen LogP) is 2.56. The average molecular weight is 246 g/mol. The third-order valence-corrected chi connectivity index (χ3v) is 2.81. The largest absolute Gasteiger partial charge is 0.494 e. The Morgan fingerprint density at radius 2 is 2.28 bits per heavy atom. The standard InChI is InChI=1S/C14H18N2O2/c1-11-3-2-4-13(9-11)18-8-6-14(16-15)12-5-7-17-10-12/h2-5,7,9-10,14,16H,6,8,15H2,1H3. The van der Waals surface area contributed by atoms with Crippen molar-refractivity contribution in [1.82, 2.24) is 5.43 Å². The zero-order valence-electron chi connectivity index (χ0n) is 10.4. The zero-order chi connectivity index (χ0) is 12.8. The van der Waals surface area contributed by atoms with Crippen molar-refractivity contribution in [2.45, 2.75) is 19.4 Å². The Hall–Kier alpha value is -1.78. The highest BCUT2D eigenvalue weighted by Gasteiger charge is 2.10. The molecule has 0 radical (unpaired) electrons. The van der Waals surface area contributed by atoms with Crippen molar-refractivity contribution in [3.8, 4) is 5.75 Å². The van der Waals surface area contributed by atoms with E-state index in [4.69, 9.17) is 15.0 Å². The normalized spacial score (nSPS) is 12.3. The van der Waals surface area contributed by atoms with Crippen molar-refractivity contribution >= 4 is 0 Å². The molecule has 0 aliphatic heterocycles. The van der Waals surface area contributed by atoms with E-state index in [2.05, 4.69) is 5.43 Å². The lowest BCUT2D eigenvalue weighted by atomic mass is 10.1. The van der Waals surface area contributed by atoms with Crippen LogP contribution in [0.25, 0.3) is 0 Å². The fourth-order valence-corrected chi connectivity index (χ4v) is 1.82. The maximum atomic E-state index is 5.69. The van der Waals surface area contributed by atoms with Gasteiger partial charge in [0.15, 0.2) is 0 Å². The summed E-state index contributed by atoms with van der Waals surface area (Å²) < 4.78 is 10.7. The predicted molar refractivity (Wildman–Crippen MR) is 70.1 cm³/mol. The molecule has 0 fully saturated rings. The molecule has 1 atom stereocenters. The monoisotopic (exact) mass is 246 g/mol. The average Bonchev–Trinajstić information content (AvgIpc) is 2.88. The van der Waals surface area contributed by atoms with Crippen molar-refractivity contribution in [3.63, 3.8) is 0 Å². The van der Waals surface area contributed by atoms with Gasteiger partial charge in [0, 0.05) is 12.0 Å². The molecule has 0 aliphatic carbocycles. The highest BCUT2D eigenvalue weighted by Crippen LogP contribution is 2.18. The van der Waals surface area contributed by atoms with Crippen molar-refractivity contribution in [2.75, 3.05) is 6.61 Å². The number of furan rings is 1. The molecule has 0 spiro atoms. The smallest absolute Gasteiger partial charge is 0.119 e. The Kier molecular flexibility index (Phi) is 4.39. The van der Waals surface area contributed by atoms with E-state index in [1.54, 1.807) is 12.5 Å². The fraction of sp³-hybridized carbons (Fsp3) is 0.286. The lowest BCUT2D eigenvalue weighted by Crippen LogP contribution is -2.29. The quantitative estimate of drug-likeness (QED) is 0.607. The number of hydrazine groups is 1. The Morgan fingerprint density at radius 3 is 2.94 bits per heavy atom. The third kappa shape index (κ3) is 3.35. The molecule has 1 unspecified atom stereocenters. The summed E-state index contributed by atoms with van der Waals surface area (Å²) in [5.74, 6) is 6.41. The van der Waals surface area contributed by atoms with Gasteiger partial charge in [0.1, 0.15) is 5.75 Å². The van der Waals surface area contributed by atoms with E-state index in [1.165, 1.54) is 5.56 Å². The van der Waals surface area contributed by atoms with Gasteiger partial charge in [-0.25, -0.2) is 0 Å². The van der Waals surface area contributed by atoms with Crippen LogP contribution in [0.5, 0.6) is 5.75 Å². The Balaban J connectivity index is 1.84. The summed E-state index contributed by atoms with van der Waals surface area (Å²) in [6.45, 7) is 2.64. The van der Waals surface area contributed by atoms with Crippen molar-refractivity contribution in [3.05, 3.63) is 54.0 Å². The summed E-state index contributed by atoms with van der Waals surface area (Å²) in [7, 11) is 0. The van der Waals surface area contributed by atoms with Gasteiger partial charge in [-0.3, -0.25) is 11.3 Å². The van der Waals surface area contributed by atoms with Gasteiger partial charge >= 0.3 is 0 Å². The minimum atomic E-state index is 0.0496. The van der Waals surface area contributed by atoms with Crippen LogP contribution in [-0.2, 0) is 0 Å². The second-order valence-corrected chi connectivity index (χ2v) is 4.23. The van der Waals surface area contributed by atoms with E-state index >= 15 is 0 Å². The molecule has 1 aromatic heterocycles. The lowest BCUT2D eigenvalue weighted by molar-refractivity contribution is 0.286. The summed E-state index contributed by atoms with van der Waals surface area (Å²) in [6.07, 6.45) is 4.11. The molecule has 0 amide bonds. The number of rotatable bonds is 6. The second-order valence-electron chi connectivity index (χ2n) is 4.23. The molecule has 96 valence electrons. The summed E-state index contributed by atoms with van der Waals surface area (Å²) in [5.41, 5.74) is 4.99. The van der Waals surface area contributed by atoms with E-state index in [1.807, 2.05) is 37.3 Å². The van der Waals surface area contributed by atoms with Gasteiger partial charge in [0.25, 0.3) is 0 Å². The zero-order valence-corrected chi connectivity index (χ0v) is 10.4. The number of ether oxygens (including phenoxy) is 1. The lowest BCUT2D eigenvalue weighted by Gasteiger charge is -2.14. The van der Waals surface area contributed by atoms with Crippen LogP contribution in [0.3, 0.4) is 0 Å². The van der Waals surface area contributed by atoms with E-state index in [0.29, 0.717) is 6.61 Å². The van der Waals surface area contributed by atoms with E-state index in [-0.39, 0.29) is 6.04 Å². The molecular weight excluding hydrogens is 228 g/mol. The van der Waals surface area contributed by atoms with Gasteiger partial charge < -0.3 is 9.15 Å². The molecule has 18 heavy (non-hydrogen) atoms. The first kappa shape index (κ1) is 12.7. The SMILES string of the molecule is Cc1cccc(OCCC(NN)c2ccoc2)c1. The molecular formula is C14H18N2O2. The van der Waals surface area contributed by atoms with Crippen molar-refractivity contribution < 1.29 is 9.15 Å². The van der Waals surface area contributed by atoms with Crippen LogP contribution >= 0.6 is 0 Å². The maximum absolute atomic E-state index is 5.69. The molecule has 0 saturated carbocycles. The van der Waals surface area contributed by atoms with Crippen molar-refractivity contribution in [1.29, 1.82) is 0 Å². The first-order chi connectivity index (χ1) is 8.79. The number of hydrogen-bond donors (Lipinski definition) is 2. The van der Waals surface area contributed by atoms with Gasteiger partial charge in [0.2, 0.25) is 0 Å². The minimum absolute atomic E-state index is 0.0496. The van der Waals surface area contributed by atoms with Crippen LogP contribution < -0.4 is 16.0 Å². The Bertz CT molecular complexity index is 468. The summed E-state index contributed by atoms with van der Waals surface area (Å²) in [5, 5.41) is 0. The molecule has 1 heterocycles. The highest BCUT2D eigenvalue weighted by atomic mass is 16.5. The number of hydrogen-bond acceptors (Lipinski definition) is 4. The first-order valence-electron chi connectivity index (χ1n) is 5.97. The van der Waals surface area contributed by atoms with Gasteiger partial charge in [0.05, 0.1) is 25.2 Å². The van der Waals surface area contributed by atoms with E-state index < -0.39 is 0 Å². The summed E-state index contributed by atoms with van der Waals surface area (Å²) >= 11 is 0. The second kappa shape index (κ2) is 6.23. The molecule has 1 aromatic carbocycles. The first-order valence-corrected chi connectivity index (χ1v) is 5.97. The molecule has 0 aliphatic rings. The van der Waals surface area contributed by atoms with Gasteiger partial charge in [-0.1, -0.05) is 12.1 Å². The van der Waals surface area contributed by atoms with Gasteiger partial charge in [-0.15, -0.1) is 0 Å². The number of benzene rings is 1. The number of nitrogens with one attached hydrogen (secondary N) is 1. The minimum Gasteiger partial charge on any atom is -0.494 e. The molecule has 0 saturated heterocycles. The van der Waals surface area contributed by atoms with Crippen LogP contribution in [0.1, 0.15) is 23.6 Å². The molecule has 2 aromatic rings. The van der Waals surface area contributed by atoms with Crippen molar-refractivity contribution in [2.24, 2.45) is 5.84 Å². The van der Waals surface area contributed by atoms with E-state index in [0.717, 1.165) is 17.7 Å². The van der Waals surface area contributed by atoms with Crippen LogP contribution in [0.15, 0.2) is 47.3 Å². The molecule has 4 nitrogen and oxygen atoms in total. The summed E-state index contributed by atoms with van der Waals surface area (Å²) in [6, 6.07) is 9.95. The third-order valence-electron chi connectivity index (χ3n) is 2.81. The molecule has 4 heteroatoms. The maximum Gasteiger partial charge on any atom is 0.119 e. The van der Waals surface area contributed by atoms with Crippen LogP contribution in [0, 0.1) is 6.92 Å². The molecule has 2 rings (SSSR count). The number of aryl methyl sites for hydroxylation is 1. The Labute approximate surface area is 107 Å². The highest BCUT2D eigenvalue weighted by molar-refractivity contribution is 5.27. The van der Waals surface area contributed by atoms with Crippen LogP contribution in [0.4, 0.5) is 0 Å². The molecule has 3 N–H and O–H groups in total. The van der Waals surface area contributed by atoms with Crippen LogP contribution in [-0.4, -0.2) is 6.61 Å². The fourth-order valence-electron chi connectivity index (χ4n) is 1.82. The molecule has 0 bridgehead atoms. The number of nitrogens with two attached hydrogens (primary N) is 1. The van der Waals surface area contributed by atoms with E-state index in [9.17, 15) is 0 Å².